The number of hydrogen-bond donors (Lipinski definition) is 3. The first-order valence-electron chi connectivity index (χ1n) is 4.99. The van der Waals surface area contributed by atoms with Gasteiger partial charge in [0.2, 0.25) is 0 Å². The fourth-order valence-corrected chi connectivity index (χ4v) is 1.28. The van der Waals surface area contributed by atoms with Crippen LogP contribution >= 0.6 is 0 Å². The van der Waals surface area contributed by atoms with E-state index in [0.717, 1.165) is 12.1 Å². The highest BCUT2D eigenvalue weighted by atomic mass is 19.1. The van der Waals surface area contributed by atoms with Gasteiger partial charge in [0.1, 0.15) is 11.6 Å². The van der Waals surface area contributed by atoms with Crippen molar-refractivity contribution in [2.45, 2.75) is 19.1 Å². The molecular formula is C11H11F2NO4. The zero-order chi connectivity index (χ0) is 13.9. The van der Waals surface area contributed by atoms with Gasteiger partial charge in [-0.3, -0.25) is 4.79 Å². The van der Waals surface area contributed by atoms with E-state index in [9.17, 15) is 18.4 Å². The Labute approximate surface area is 101 Å². The number of carboxylic acid groups (broad SMARTS) is 1. The summed E-state index contributed by atoms with van der Waals surface area (Å²) in [6.07, 6.45) is -1.35. The molecule has 0 aliphatic heterocycles. The topological polar surface area (TPSA) is 86.6 Å². The molecule has 0 spiro atoms. The summed E-state index contributed by atoms with van der Waals surface area (Å²) in [6, 6.07) is 0.700. The highest BCUT2D eigenvalue weighted by Crippen LogP contribution is 2.10. The molecule has 98 valence electrons. The monoisotopic (exact) mass is 259 g/mol. The van der Waals surface area contributed by atoms with Crippen molar-refractivity contribution in [3.8, 4) is 0 Å². The lowest BCUT2D eigenvalue weighted by atomic mass is 10.1. The summed E-state index contributed by atoms with van der Waals surface area (Å²) < 4.78 is 25.9. The quantitative estimate of drug-likeness (QED) is 0.736. The van der Waals surface area contributed by atoms with Gasteiger partial charge in [-0.1, -0.05) is 0 Å². The number of carbonyl (C=O) groups excluding carboxylic acids is 1. The van der Waals surface area contributed by atoms with Crippen molar-refractivity contribution in [1.82, 2.24) is 5.32 Å². The molecule has 3 N–H and O–H groups in total. The molecule has 0 aromatic heterocycles. The second kappa shape index (κ2) is 5.54. The van der Waals surface area contributed by atoms with Crippen LogP contribution in [0.5, 0.6) is 0 Å². The van der Waals surface area contributed by atoms with Crippen molar-refractivity contribution in [1.29, 1.82) is 0 Å². The van der Waals surface area contributed by atoms with Gasteiger partial charge in [0, 0.05) is 6.07 Å². The van der Waals surface area contributed by atoms with Crippen LogP contribution in [0.15, 0.2) is 18.2 Å². The maximum atomic E-state index is 13.2. The van der Waals surface area contributed by atoms with Crippen molar-refractivity contribution >= 4 is 11.9 Å². The van der Waals surface area contributed by atoms with Crippen molar-refractivity contribution in [3.05, 3.63) is 35.4 Å². The van der Waals surface area contributed by atoms with Crippen LogP contribution in [0.4, 0.5) is 8.78 Å². The minimum atomic E-state index is -1.57. The summed E-state index contributed by atoms with van der Waals surface area (Å²) in [5.41, 5.74) is -0.497. The van der Waals surface area contributed by atoms with E-state index < -0.39 is 41.2 Å². The Bertz CT molecular complexity index is 476. The standard InChI is InChI=1S/C11H11F2NO4/c1-5(15)9(11(17)18)14-10(16)7-3-2-6(12)4-8(7)13/h2-5,9,15H,1H3,(H,14,16)(H,17,18). The zero-order valence-electron chi connectivity index (χ0n) is 9.35. The minimum Gasteiger partial charge on any atom is -0.480 e. The third kappa shape index (κ3) is 3.24. The molecule has 0 heterocycles. The number of aliphatic hydroxyl groups excluding tert-OH is 1. The SMILES string of the molecule is CC(O)C(NC(=O)c1ccc(F)cc1F)C(=O)O. The molecule has 2 atom stereocenters. The molecular weight excluding hydrogens is 248 g/mol. The summed E-state index contributed by atoms with van der Waals surface area (Å²) in [4.78, 5) is 22.3. The Morgan fingerprint density at radius 2 is 1.94 bits per heavy atom. The van der Waals surface area contributed by atoms with E-state index in [-0.39, 0.29) is 0 Å². The Kier molecular flexibility index (Phi) is 4.33. The van der Waals surface area contributed by atoms with Crippen LogP contribution < -0.4 is 5.32 Å². The van der Waals surface area contributed by atoms with Gasteiger partial charge in [-0.25, -0.2) is 13.6 Å². The van der Waals surface area contributed by atoms with Crippen LogP contribution in [0.3, 0.4) is 0 Å². The van der Waals surface area contributed by atoms with Crippen LogP contribution in [0.25, 0.3) is 0 Å². The summed E-state index contributed by atoms with van der Waals surface area (Å²) in [5, 5.41) is 19.8. The molecule has 0 fully saturated rings. The second-order valence-electron chi connectivity index (χ2n) is 3.65. The number of rotatable bonds is 4. The van der Waals surface area contributed by atoms with Gasteiger partial charge in [-0.2, -0.15) is 0 Å². The van der Waals surface area contributed by atoms with Crippen LogP contribution in [0.2, 0.25) is 0 Å². The average molecular weight is 259 g/mol. The van der Waals surface area contributed by atoms with Gasteiger partial charge in [-0.15, -0.1) is 0 Å². The summed E-state index contributed by atoms with van der Waals surface area (Å²) >= 11 is 0. The number of aliphatic carboxylic acids is 1. The van der Waals surface area contributed by atoms with Crippen LogP contribution in [0, 0.1) is 11.6 Å². The highest BCUT2D eigenvalue weighted by molar-refractivity contribution is 5.96. The number of nitrogens with one attached hydrogen (secondary N) is 1. The molecule has 1 aromatic rings. The molecule has 0 aliphatic rings. The lowest BCUT2D eigenvalue weighted by molar-refractivity contribution is -0.141. The first kappa shape index (κ1) is 14.0. The number of amides is 1. The van der Waals surface area contributed by atoms with Crippen LogP contribution in [0.1, 0.15) is 17.3 Å². The third-order valence-electron chi connectivity index (χ3n) is 2.21. The highest BCUT2D eigenvalue weighted by Gasteiger charge is 2.26. The normalized spacial score (nSPS) is 13.8. The van der Waals surface area contributed by atoms with Crippen molar-refractivity contribution < 1.29 is 28.6 Å². The predicted molar refractivity (Wildman–Crippen MR) is 56.9 cm³/mol. The molecule has 1 aromatic carbocycles. The fourth-order valence-electron chi connectivity index (χ4n) is 1.28. The Balaban J connectivity index is 2.91. The molecule has 0 saturated heterocycles. The number of benzene rings is 1. The maximum absolute atomic E-state index is 13.2. The summed E-state index contributed by atoms with van der Waals surface area (Å²) in [7, 11) is 0. The number of carbonyl (C=O) groups is 2. The smallest absolute Gasteiger partial charge is 0.328 e. The molecule has 0 bridgehead atoms. The first-order chi connectivity index (χ1) is 8.32. The molecule has 7 heteroatoms. The van der Waals surface area contributed by atoms with Crippen molar-refractivity contribution in [3.63, 3.8) is 0 Å². The van der Waals surface area contributed by atoms with Crippen LogP contribution in [-0.4, -0.2) is 34.2 Å². The summed E-state index contributed by atoms with van der Waals surface area (Å²) in [6.45, 7) is 1.17. The van der Waals surface area contributed by atoms with Gasteiger partial charge in [-0.05, 0) is 19.1 Å². The van der Waals surface area contributed by atoms with E-state index in [1.807, 2.05) is 5.32 Å². The van der Waals surface area contributed by atoms with Gasteiger partial charge in [0.05, 0.1) is 11.7 Å². The molecule has 0 radical (unpaired) electrons. The van der Waals surface area contributed by atoms with Gasteiger partial charge < -0.3 is 15.5 Å². The number of halogens is 2. The number of carboxylic acids is 1. The number of aliphatic hydroxyl groups is 1. The number of hydrogen-bond acceptors (Lipinski definition) is 3. The maximum Gasteiger partial charge on any atom is 0.328 e. The molecule has 5 nitrogen and oxygen atoms in total. The lowest BCUT2D eigenvalue weighted by Crippen LogP contribution is -2.47. The van der Waals surface area contributed by atoms with Gasteiger partial charge in [0.25, 0.3) is 5.91 Å². The molecule has 0 aliphatic carbocycles. The molecule has 1 rings (SSSR count). The molecule has 1 amide bonds. The van der Waals surface area contributed by atoms with E-state index in [0.29, 0.717) is 6.07 Å². The second-order valence-corrected chi connectivity index (χ2v) is 3.65. The Morgan fingerprint density at radius 3 is 2.39 bits per heavy atom. The van der Waals surface area contributed by atoms with E-state index in [2.05, 4.69) is 0 Å². The molecule has 2 unspecified atom stereocenters. The van der Waals surface area contributed by atoms with Gasteiger partial charge in [0.15, 0.2) is 6.04 Å². The lowest BCUT2D eigenvalue weighted by Gasteiger charge is -2.17. The molecule has 0 saturated carbocycles. The van der Waals surface area contributed by atoms with Crippen molar-refractivity contribution in [2.75, 3.05) is 0 Å². The first-order valence-corrected chi connectivity index (χ1v) is 4.99. The van der Waals surface area contributed by atoms with Gasteiger partial charge >= 0.3 is 5.97 Å². The van der Waals surface area contributed by atoms with Crippen molar-refractivity contribution in [2.24, 2.45) is 0 Å². The molecule has 18 heavy (non-hydrogen) atoms. The minimum absolute atomic E-state index is 0.497. The summed E-state index contributed by atoms with van der Waals surface area (Å²) in [5.74, 6) is -4.46. The zero-order valence-corrected chi connectivity index (χ0v) is 9.35. The Morgan fingerprint density at radius 1 is 1.33 bits per heavy atom. The van der Waals surface area contributed by atoms with Crippen LogP contribution in [-0.2, 0) is 4.79 Å². The van der Waals surface area contributed by atoms with E-state index in [1.165, 1.54) is 6.92 Å². The fraction of sp³-hybridized carbons (Fsp3) is 0.273. The average Bonchev–Trinajstić information content (AvgIpc) is 2.24. The van der Waals surface area contributed by atoms with E-state index in [4.69, 9.17) is 10.2 Å². The predicted octanol–water partition coefficient (Wildman–Crippen LogP) is 0.529. The Hall–Kier alpha value is -2.02. The van der Waals surface area contributed by atoms with E-state index in [1.54, 1.807) is 0 Å². The van der Waals surface area contributed by atoms with E-state index >= 15 is 0 Å². The third-order valence-corrected chi connectivity index (χ3v) is 2.21. The largest absolute Gasteiger partial charge is 0.480 e.